The second kappa shape index (κ2) is 7.68. The van der Waals surface area contributed by atoms with Gasteiger partial charge in [-0.2, -0.15) is 0 Å². The summed E-state index contributed by atoms with van der Waals surface area (Å²) in [6, 6.07) is 0. The SMILES string of the molecule is COCCN(CCO)Cc1sc(N(C)C)nc1C. The fourth-order valence-electron chi connectivity index (χ4n) is 1.59. The minimum atomic E-state index is 0.169. The van der Waals surface area contributed by atoms with E-state index in [-0.39, 0.29) is 6.61 Å². The molecule has 6 heteroatoms. The largest absolute Gasteiger partial charge is 0.395 e. The van der Waals surface area contributed by atoms with Gasteiger partial charge in [-0.25, -0.2) is 4.98 Å². The van der Waals surface area contributed by atoms with Gasteiger partial charge in [0.2, 0.25) is 0 Å². The van der Waals surface area contributed by atoms with Gasteiger partial charge >= 0.3 is 0 Å². The zero-order valence-electron chi connectivity index (χ0n) is 11.6. The molecule has 104 valence electrons. The number of hydrogen-bond acceptors (Lipinski definition) is 6. The second-order valence-corrected chi connectivity index (χ2v) is 5.45. The highest BCUT2D eigenvalue weighted by molar-refractivity contribution is 7.15. The summed E-state index contributed by atoms with van der Waals surface area (Å²) in [5.41, 5.74) is 1.07. The first kappa shape index (κ1) is 15.4. The van der Waals surface area contributed by atoms with Gasteiger partial charge in [0.05, 0.1) is 18.9 Å². The number of nitrogens with zero attached hydrogens (tertiary/aromatic N) is 3. The van der Waals surface area contributed by atoms with E-state index in [4.69, 9.17) is 9.84 Å². The fourth-order valence-corrected chi connectivity index (χ4v) is 2.61. The van der Waals surface area contributed by atoms with Crippen molar-refractivity contribution in [3.8, 4) is 0 Å². The van der Waals surface area contributed by atoms with Crippen LogP contribution in [0.1, 0.15) is 10.6 Å². The van der Waals surface area contributed by atoms with Crippen molar-refractivity contribution in [1.29, 1.82) is 0 Å². The summed E-state index contributed by atoms with van der Waals surface area (Å²) in [6.45, 7) is 5.19. The summed E-state index contributed by atoms with van der Waals surface area (Å²) in [5, 5.41) is 10.1. The van der Waals surface area contributed by atoms with Crippen LogP contribution in [0.4, 0.5) is 5.13 Å². The van der Waals surface area contributed by atoms with Crippen LogP contribution in [0, 0.1) is 6.92 Å². The number of methoxy groups -OCH3 is 1. The van der Waals surface area contributed by atoms with Gasteiger partial charge in [0.1, 0.15) is 0 Å². The smallest absolute Gasteiger partial charge is 0.185 e. The van der Waals surface area contributed by atoms with Crippen LogP contribution in [0.15, 0.2) is 0 Å². The summed E-state index contributed by atoms with van der Waals surface area (Å²) in [5.74, 6) is 0. The third-order valence-corrected chi connectivity index (χ3v) is 3.97. The fraction of sp³-hybridized carbons (Fsp3) is 0.750. The molecule has 0 aliphatic carbocycles. The Morgan fingerprint density at radius 3 is 2.56 bits per heavy atom. The lowest BCUT2D eigenvalue weighted by atomic mass is 10.3. The molecule has 0 radical (unpaired) electrons. The van der Waals surface area contributed by atoms with Gasteiger partial charge in [-0.05, 0) is 6.92 Å². The Labute approximate surface area is 113 Å². The molecular formula is C12H23N3O2S. The van der Waals surface area contributed by atoms with Gasteiger partial charge in [0.15, 0.2) is 5.13 Å². The number of aliphatic hydroxyl groups excluding tert-OH is 1. The van der Waals surface area contributed by atoms with Crippen molar-refractivity contribution in [2.75, 3.05) is 52.4 Å². The van der Waals surface area contributed by atoms with Gasteiger partial charge in [-0.15, -0.1) is 11.3 Å². The molecule has 0 bridgehead atoms. The Morgan fingerprint density at radius 1 is 1.33 bits per heavy atom. The van der Waals surface area contributed by atoms with E-state index in [1.165, 1.54) is 4.88 Å². The molecule has 0 atom stereocenters. The van der Waals surface area contributed by atoms with Gasteiger partial charge in [0, 0.05) is 45.7 Å². The number of rotatable bonds is 8. The number of aryl methyl sites for hydroxylation is 1. The van der Waals surface area contributed by atoms with Crippen LogP contribution < -0.4 is 4.90 Å². The van der Waals surface area contributed by atoms with Crippen molar-refractivity contribution in [3.63, 3.8) is 0 Å². The number of ether oxygens (including phenoxy) is 1. The van der Waals surface area contributed by atoms with Crippen molar-refractivity contribution in [3.05, 3.63) is 10.6 Å². The molecule has 0 saturated carbocycles. The van der Waals surface area contributed by atoms with E-state index in [0.29, 0.717) is 13.2 Å². The van der Waals surface area contributed by atoms with Crippen molar-refractivity contribution >= 4 is 16.5 Å². The quantitative estimate of drug-likeness (QED) is 0.764. The topological polar surface area (TPSA) is 48.8 Å². The Bertz CT molecular complexity index is 355. The van der Waals surface area contributed by atoms with Crippen molar-refractivity contribution in [1.82, 2.24) is 9.88 Å². The van der Waals surface area contributed by atoms with Crippen molar-refractivity contribution in [2.45, 2.75) is 13.5 Å². The van der Waals surface area contributed by atoms with E-state index in [2.05, 4.69) is 9.88 Å². The first-order valence-corrected chi connectivity index (χ1v) is 6.86. The van der Waals surface area contributed by atoms with Crippen LogP contribution in [0.2, 0.25) is 0 Å². The number of aromatic nitrogens is 1. The maximum Gasteiger partial charge on any atom is 0.185 e. The second-order valence-electron chi connectivity index (χ2n) is 4.39. The summed E-state index contributed by atoms with van der Waals surface area (Å²) in [7, 11) is 5.69. The lowest BCUT2D eigenvalue weighted by Gasteiger charge is -2.20. The van der Waals surface area contributed by atoms with Crippen LogP contribution in [0.25, 0.3) is 0 Å². The maximum atomic E-state index is 9.07. The molecule has 0 unspecified atom stereocenters. The predicted molar refractivity (Wildman–Crippen MR) is 75.4 cm³/mol. The molecule has 0 amide bonds. The lowest BCUT2D eigenvalue weighted by Crippen LogP contribution is -2.29. The summed E-state index contributed by atoms with van der Waals surface area (Å²) < 4.78 is 5.09. The number of anilines is 1. The Kier molecular flexibility index (Phi) is 6.56. The van der Waals surface area contributed by atoms with Crippen LogP contribution in [-0.4, -0.2) is 62.5 Å². The van der Waals surface area contributed by atoms with Crippen LogP contribution in [0.5, 0.6) is 0 Å². The van der Waals surface area contributed by atoms with Crippen molar-refractivity contribution in [2.24, 2.45) is 0 Å². The normalized spacial score (nSPS) is 11.2. The van der Waals surface area contributed by atoms with Gasteiger partial charge in [0.25, 0.3) is 0 Å². The average Bonchev–Trinajstić information content (AvgIpc) is 2.68. The lowest BCUT2D eigenvalue weighted by molar-refractivity contribution is 0.127. The van der Waals surface area contributed by atoms with Gasteiger partial charge < -0.3 is 14.7 Å². The Morgan fingerprint density at radius 2 is 2.06 bits per heavy atom. The molecule has 0 aliphatic rings. The van der Waals surface area contributed by atoms with Crippen LogP contribution in [-0.2, 0) is 11.3 Å². The highest BCUT2D eigenvalue weighted by Crippen LogP contribution is 2.25. The molecule has 1 heterocycles. The summed E-state index contributed by atoms with van der Waals surface area (Å²) >= 11 is 1.71. The molecule has 0 aliphatic heterocycles. The van der Waals surface area contributed by atoms with Crippen LogP contribution in [0.3, 0.4) is 0 Å². The van der Waals surface area contributed by atoms with E-state index in [0.717, 1.165) is 23.9 Å². The summed E-state index contributed by atoms with van der Waals surface area (Å²) in [4.78, 5) is 9.99. The molecular weight excluding hydrogens is 250 g/mol. The highest BCUT2D eigenvalue weighted by atomic mass is 32.1. The minimum Gasteiger partial charge on any atom is -0.395 e. The molecule has 1 rings (SSSR count). The van der Waals surface area contributed by atoms with Crippen molar-refractivity contribution < 1.29 is 9.84 Å². The van der Waals surface area contributed by atoms with Crippen LogP contribution >= 0.6 is 11.3 Å². The standard InChI is InChI=1S/C12H23N3O2S/c1-10-11(18-12(13-10)14(2)3)9-15(5-7-16)6-8-17-4/h16H,5-9H2,1-4H3. The third kappa shape index (κ3) is 4.53. The van der Waals surface area contributed by atoms with E-state index >= 15 is 0 Å². The maximum absolute atomic E-state index is 9.07. The molecule has 0 fully saturated rings. The van der Waals surface area contributed by atoms with E-state index < -0.39 is 0 Å². The first-order valence-electron chi connectivity index (χ1n) is 6.04. The first-order chi connectivity index (χ1) is 8.58. The molecule has 0 aromatic carbocycles. The number of thiazole rings is 1. The minimum absolute atomic E-state index is 0.169. The van der Waals surface area contributed by atoms with E-state index in [9.17, 15) is 0 Å². The average molecular weight is 273 g/mol. The molecule has 0 saturated heterocycles. The van der Waals surface area contributed by atoms with E-state index in [1.54, 1.807) is 18.4 Å². The Hall–Kier alpha value is -0.690. The predicted octanol–water partition coefficient (Wildman–Crippen LogP) is 0.958. The zero-order chi connectivity index (χ0) is 13.5. The molecule has 1 aromatic rings. The summed E-state index contributed by atoms with van der Waals surface area (Å²) in [6.07, 6.45) is 0. The Balaban J connectivity index is 2.67. The monoisotopic (exact) mass is 273 g/mol. The number of hydrogen-bond donors (Lipinski definition) is 1. The molecule has 5 nitrogen and oxygen atoms in total. The van der Waals surface area contributed by atoms with E-state index in [1.807, 2.05) is 25.9 Å². The molecule has 18 heavy (non-hydrogen) atoms. The third-order valence-electron chi connectivity index (χ3n) is 2.66. The molecule has 1 aromatic heterocycles. The zero-order valence-corrected chi connectivity index (χ0v) is 12.5. The van der Waals surface area contributed by atoms with Gasteiger partial charge in [-0.3, -0.25) is 4.90 Å². The van der Waals surface area contributed by atoms with Gasteiger partial charge in [-0.1, -0.05) is 0 Å². The highest BCUT2D eigenvalue weighted by Gasteiger charge is 2.12. The molecule has 1 N–H and O–H groups in total. The number of aliphatic hydroxyl groups is 1. The molecule has 0 spiro atoms.